The molecule has 1 aromatic heterocycles. The normalized spacial score (nSPS) is 23.7. The Kier molecular flexibility index (Phi) is 7.30. The molecule has 0 saturated carbocycles. The van der Waals surface area contributed by atoms with Crippen LogP contribution in [0, 0.1) is 12.8 Å². The number of aryl methyl sites for hydroxylation is 1. The van der Waals surface area contributed by atoms with E-state index in [9.17, 15) is 4.79 Å². The van der Waals surface area contributed by atoms with E-state index in [2.05, 4.69) is 11.0 Å². The van der Waals surface area contributed by atoms with Crippen molar-refractivity contribution >= 4 is 5.91 Å². The van der Waals surface area contributed by atoms with Crippen molar-refractivity contribution in [3.8, 4) is 5.75 Å². The third-order valence-corrected chi connectivity index (χ3v) is 6.49. The molecule has 1 fully saturated rings. The van der Waals surface area contributed by atoms with E-state index < -0.39 is 0 Å². The van der Waals surface area contributed by atoms with Crippen LogP contribution in [0.4, 0.5) is 0 Å². The minimum absolute atomic E-state index is 0.0923. The van der Waals surface area contributed by atoms with Gasteiger partial charge in [-0.25, -0.2) is 0 Å². The van der Waals surface area contributed by atoms with Gasteiger partial charge in [-0.3, -0.25) is 9.69 Å². The van der Waals surface area contributed by atoms with Crippen LogP contribution in [-0.4, -0.2) is 61.7 Å². The Labute approximate surface area is 185 Å². The number of hydrogen-bond acceptors (Lipinski definition) is 5. The Morgan fingerprint density at radius 1 is 1.10 bits per heavy atom. The molecule has 1 amide bonds. The quantitative estimate of drug-likeness (QED) is 0.739. The Bertz CT molecular complexity index is 865. The van der Waals surface area contributed by atoms with Gasteiger partial charge in [0.05, 0.1) is 12.6 Å². The van der Waals surface area contributed by atoms with E-state index in [0.717, 1.165) is 75.7 Å². The lowest BCUT2D eigenvalue weighted by atomic mass is 9.89. The molecule has 31 heavy (non-hydrogen) atoms. The fourth-order valence-electron chi connectivity index (χ4n) is 4.78. The average molecular weight is 427 g/mol. The smallest absolute Gasteiger partial charge is 0.254 e. The van der Waals surface area contributed by atoms with E-state index in [1.165, 1.54) is 0 Å². The zero-order chi connectivity index (χ0) is 21.6. The van der Waals surface area contributed by atoms with Crippen molar-refractivity contribution in [3.05, 3.63) is 53.5 Å². The van der Waals surface area contributed by atoms with Gasteiger partial charge in [-0.15, -0.1) is 0 Å². The molecule has 2 aliphatic rings. The molecule has 1 saturated heterocycles. The van der Waals surface area contributed by atoms with Crippen LogP contribution in [0.15, 0.2) is 40.8 Å². The van der Waals surface area contributed by atoms with Gasteiger partial charge in [0, 0.05) is 38.2 Å². The van der Waals surface area contributed by atoms with E-state index >= 15 is 0 Å². The summed E-state index contributed by atoms with van der Waals surface area (Å²) in [6, 6.07) is 11.7. The molecule has 0 unspecified atom stereocenters. The first kappa shape index (κ1) is 21.9. The summed E-state index contributed by atoms with van der Waals surface area (Å²) in [5.41, 5.74) is 0.699. The first-order valence-electron chi connectivity index (χ1n) is 11.4. The van der Waals surface area contributed by atoms with Crippen LogP contribution in [0.25, 0.3) is 0 Å². The second-order valence-electron chi connectivity index (χ2n) is 8.73. The van der Waals surface area contributed by atoms with E-state index in [0.29, 0.717) is 18.1 Å². The molecule has 4 rings (SSSR count). The Morgan fingerprint density at radius 3 is 2.81 bits per heavy atom. The molecule has 2 atom stereocenters. The number of piperidine rings is 1. The van der Waals surface area contributed by atoms with Gasteiger partial charge in [-0.2, -0.15) is 0 Å². The van der Waals surface area contributed by atoms with Gasteiger partial charge in [-0.05, 0) is 63.1 Å². The lowest BCUT2D eigenvalue weighted by Crippen LogP contribution is -2.46. The topological polar surface area (TPSA) is 55.1 Å². The number of hydrogen-bond donors (Lipinski definition) is 0. The number of furan rings is 1. The van der Waals surface area contributed by atoms with Crippen LogP contribution < -0.4 is 4.74 Å². The molecule has 0 spiro atoms. The summed E-state index contributed by atoms with van der Waals surface area (Å²) < 4.78 is 17.6. The fraction of sp³-hybridized carbons (Fsp3) is 0.560. The molecule has 6 nitrogen and oxygen atoms in total. The lowest BCUT2D eigenvalue weighted by molar-refractivity contribution is -0.00677. The second-order valence-corrected chi connectivity index (χ2v) is 8.73. The highest BCUT2D eigenvalue weighted by Crippen LogP contribution is 2.27. The summed E-state index contributed by atoms with van der Waals surface area (Å²) in [4.78, 5) is 17.5. The Balaban J connectivity index is 1.50. The van der Waals surface area contributed by atoms with Crippen LogP contribution in [0.5, 0.6) is 5.75 Å². The van der Waals surface area contributed by atoms with Gasteiger partial charge in [0.15, 0.2) is 0 Å². The zero-order valence-electron chi connectivity index (χ0n) is 18.7. The summed E-state index contributed by atoms with van der Waals surface area (Å²) in [6.07, 6.45) is 4.43. The number of benzene rings is 1. The molecular weight excluding hydrogens is 392 g/mol. The number of methoxy groups -OCH3 is 1. The monoisotopic (exact) mass is 426 g/mol. The van der Waals surface area contributed by atoms with Crippen LogP contribution in [0.3, 0.4) is 0 Å². The molecule has 4 bridgehead atoms. The summed E-state index contributed by atoms with van der Waals surface area (Å²) in [5, 5.41) is 0. The average Bonchev–Trinajstić information content (AvgIpc) is 3.20. The fourth-order valence-corrected chi connectivity index (χ4v) is 4.78. The number of amides is 1. The molecule has 2 aromatic rings. The third kappa shape index (κ3) is 5.69. The van der Waals surface area contributed by atoms with Gasteiger partial charge < -0.3 is 18.8 Å². The van der Waals surface area contributed by atoms with Gasteiger partial charge in [0.2, 0.25) is 0 Å². The van der Waals surface area contributed by atoms with Crippen molar-refractivity contribution in [2.24, 2.45) is 5.92 Å². The largest absolute Gasteiger partial charge is 0.492 e. The molecule has 0 aliphatic carbocycles. The highest BCUT2D eigenvalue weighted by Gasteiger charge is 2.31. The summed E-state index contributed by atoms with van der Waals surface area (Å²) in [6.45, 7) is 6.66. The molecule has 1 aromatic carbocycles. The number of ether oxygens (including phenoxy) is 2. The zero-order valence-corrected chi connectivity index (χ0v) is 18.7. The molecule has 6 heteroatoms. The molecule has 2 aliphatic heterocycles. The van der Waals surface area contributed by atoms with Gasteiger partial charge in [-0.1, -0.05) is 12.5 Å². The number of carbonyl (C=O) groups is 1. The Morgan fingerprint density at radius 2 is 2.00 bits per heavy atom. The van der Waals surface area contributed by atoms with Crippen molar-refractivity contribution in [1.82, 2.24) is 9.80 Å². The van der Waals surface area contributed by atoms with Gasteiger partial charge in [0.1, 0.15) is 23.9 Å². The van der Waals surface area contributed by atoms with Crippen LogP contribution in [0.1, 0.15) is 47.6 Å². The number of nitrogens with zero attached hydrogens (tertiary/aromatic N) is 2. The van der Waals surface area contributed by atoms with Crippen molar-refractivity contribution in [1.29, 1.82) is 0 Å². The van der Waals surface area contributed by atoms with Crippen molar-refractivity contribution in [2.75, 3.05) is 39.9 Å². The second kappa shape index (κ2) is 10.3. The first-order chi connectivity index (χ1) is 15.1. The number of carbonyl (C=O) groups excluding carboxylic acids is 1. The number of fused-ring (bicyclic) bond motifs is 4. The minimum atomic E-state index is 0.0923. The Hall–Kier alpha value is -2.31. The minimum Gasteiger partial charge on any atom is -0.492 e. The van der Waals surface area contributed by atoms with Crippen molar-refractivity contribution < 1.29 is 18.7 Å². The maximum atomic E-state index is 13.1. The standard InChI is InChI=1S/C25H34N2O4/c1-19-9-10-23(31-19)18-26-12-4-3-6-21-17-27(13-11-24(21)29-2)25(28)20-7-5-8-22(16-20)30-15-14-26/h5,7-10,16,21,24H,3-4,6,11-15,17-18H2,1-2H3/t21-,24+/m0/s1. The molecule has 0 N–H and O–H groups in total. The van der Waals surface area contributed by atoms with Gasteiger partial charge in [0.25, 0.3) is 5.91 Å². The van der Waals surface area contributed by atoms with Crippen molar-refractivity contribution in [3.63, 3.8) is 0 Å². The summed E-state index contributed by atoms with van der Waals surface area (Å²) in [7, 11) is 1.80. The molecule has 0 radical (unpaired) electrons. The van der Waals surface area contributed by atoms with Gasteiger partial charge >= 0.3 is 0 Å². The summed E-state index contributed by atoms with van der Waals surface area (Å²) >= 11 is 0. The predicted octanol–water partition coefficient (Wildman–Crippen LogP) is 4.13. The number of rotatable bonds is 3. The third-order valence-electron chi connectivity index (χ3n) is 6.49. The SMILES string of the molecule is CO[C@@H]1CCN2C[C@@H]1CCCCN(Cc1ccc(C)o1)CCOc1cccc(c1)C2=O. The van der Waals surface area contributed by atoms with Crippen LogP contribution in [0.2, 0.25) is 0 Å². The van der Waals surface area contributed by atoms with E-state index in [1.807, 2.05) is 42.2 Å². The summed E-state index contributed by atoms with van der Waals surface area (Å²) in [5.74, 6) is 3.16. The maximum absolute atomic E-state index is 13.1. The first-order valence-corrected chi connectivity index (χ1v) is 11.4. The molecular formula is C25H34N2O4. The van der Waals surface area contributed by atoms with E-state index in [1.54, 1.807) is 7.11 Å². The van der Waals surface area contributed by atoms with Crippen molar-refractivity contribution in [2.45, 2.75) is 45.3 Å². The van der Waals surface area contributed by atoms with Crippen LogP contribution in [-0.2, 0) is 11.3 Å². The van der Waals surface area contributed by atoms with E-state index in [-0.39, 0.29) is 12.0 Å². The highest BCUT2D eigenvalue weighted by molar-refractivity contribution is 5.94. The maximum Gasteiger partial charge on any atom is 0.254 e. The molecule has 3 heterocycles. The predicted molar refractivity (Wildman–Crippen MR) is 119 cm³/mol. The van der Waals surface area contributed by atoms with Crippen LogP contribution >= 0.6 is 0 Å². The lowest BCUT2D eigenvalue weighted by Gasteiger charge is -2.38. The van der Waals surface area contributed by atoms with E-state index in [4.69, 9.17) is 13.9 Å². The highest BCUT2D eigenvalue weighted by atomic mass is 16.5. The molecule has 168 valence electrons.